The third kappa shape index (κ3) is 5.70. The predicted molar refractivity (Wildman–Crippen MR) is 94.2 cm³/mol. The van der Waals surface area contributed by atoms with Gasteiger partial charge in [-0.2, -0.15) is 0 Å². The normalized spacial score (nSPS) is 16.9. The Kier molecular flexibility index (Phi) is 6.32. The maximum absolute atomic E-state index is 12.7. The van der Waals surface area contributed by atoms with Crippen molar-refractivity contribution in [3.05, 3.63) is 53.6 Å². The molecular formula is C19H18F6N2O3. The number of nitrogens with one attached hydrogen (secondary N) is 1. The van der Waals surface area contributed by atoms with Crippen LogP contribution >= 0.6 is 0 Å². The van der Waals surface area contributed by atoms with E-state index in [1.165, 1.54) is 24.3 Å². The van der Waals surface area contributed by atoms with E-state index in [2.05, 4.69) is 14.8 Å². The van der Waals surface area contributed by atoms with E-state index < -0.39 is 36.0 Å². The van der Waals surface area contributed by atoms with E-state index in [9.17, 15) is 31.4 Å². The van der Waals surface area contributed by atoms with Gasteiger partial charge in [0.1, 0.15) is 5.75 Å². The molecule has 0 saturated carbocycles. The fourth-order valence-corrected chi connectivity index (χ4v) is 3.35. The van der Waals surface area contributed by atoms with Crippen LogP contribution in [0.1, 0.15) is 17.2 Å². The minimum absolute atomic E-state index is 0.142. The molecule has 0 aromatic heterocycles. The number of para-hydroxylation sites is 1. The Balaban J connectivity index is 1.99. The van der Waals surface area contributed by atoms with Crippen LogP contribution in [0.25, 0.3) is 0 Å². The molecular weight excluding hydrogens is 418 g/mol. The smallest absolute Gasteiger partial charge is 0.504 e. The van der Waals surface area contributed by atoms with Gasteiger partial charge in [0, 0.05) is 31.7 Å². The third-order valence-electron chi connectivity index (χ3n) is 4.50. The van der Waals surface area contributed by atoms with Gasteiger partial charge in [-0.15, -0.1) is 26.3 Å². The lowest BCUT2D eigenvalue weighted by molar-refractivity contribution is -0.275. The first-order valence-corrected chi connectivity index (χ1v) is 8.91. The Morgan fingerprint density at radius 3 is 2.03 bits per heavy atom. The lowest BCUT2D eigenvalue weighted by Crippen LogP contribution is -2.45. The summed E-state index contributed by atoms with van der Waals surface area (Å²) in [6, 6.07) is 8.04. The molecule has 0 bridgehead atoms. The second-order valence-corrected chi connectivity index (χ2v) is 6.55. The standard InChI is InChI=1S/C19H18F6N2O3/c20-18(21,22)29-13-6-4-12(5-7-13)16(27-10-8-26-9-11-27)14-2-1-3-15(17(14)28)30-19(23,24)25/h1-7,16,26,28H,8-11H2/t16-/m0/s1. The summed E-state index contributed by atoms with van der Waals surface area (Å²) in [6.45, 7) is 2.22. The van der Waals surface area contributed by atoms with Crippen LogP contribution in [-0.4, -0.2) is 48.9 Å². The number of phenols is 1. The maximum Gasteiger partial charge on any atom is 0.573 e. The molecule has 11 heteroatoms. The summed E-state index contributed by atoms with van der Waals surface area (Å²) >= 11 is 0. The van der Waals surface area contributed by atoms with E-state index in [1.807, 2.05) is 4.90 Å². The molecule has 1 fully saturated rings. The molecule has 30 heavy (non-hydrogen) atoms. The topological polar surface area (TPSA) is 54.0 Å². The number of phenolic OH excluding ortho intramolecular Hbond substituents is 1. The summed E-state index contributed by atoms with van der Waals surface area (Å²) in [7, 11) is 0. The summed E-state index contributed by atoms with van der Waals surface area (Å²) in [5.74, 6) is -1.87. The quantitative estimate of drug-likeness (QED) is 0.689. The molecule has 0 spiro atoms. The van der Waals surface area contributed by atoms with Crippen molar-refractivity contribution in [3.63, 3.8) is 0 Å². The highest BCUT2D eigenvalue weighted by Gasteiger charge is 2.35. The minimum Gasteiger partial charge on any atom is -0.504 e. The maximum atomic E-state index is 12.7. The summed E-state index contributed by atoms with van der Waals surface area (Å²) in [5, 5.41) is 13.6. The van der Waals surface area contributed by atoms with E-state index >= 15 is 0 Å². The van der Waals surface area contributed by atoms with Crippen LogP contribution < -0.4 is 14.8 Å². The van der Waals surface area contributed by atoms with Gasteiger partial charge in [-0.05, 0) is 23.8 Å². The van der Waals surface area contributed by atoms with Crippen molar-refractivity contribution >= 4 is 0 Å². The van der Waals surface area contributed by atoms with Crippen molar-refractivity contribution in [2.45, 2.75) is 18.8 Å². The monoisotopic (exact) mass is 436 g/mol. The highest BCUT2D eigenvalue weighted by Crippen LogP contribution is 2.41. The molecule has 1 aliphatic heterocycles. The van der Waals surface area contributed by atoms with Crippen LogP contribution in [0, 0.1) is 0 Å². The van der Waals surface area contributed by atoms with Crippen LogP contribution in [-0.2, 0) is 0 Å². The van der Waals surface area contributed by atoms with Crippen LogP contribution in [0.5, 0.6) is 17.2 Å². The number of halogens is 6. The van der Waals surface area contributed by atoms with Crippen molar-refractivity contribution in [1.29, 1.82) is 0 Å². The number of hydrogen-bond donors (Lipinski definition) is 2. The van der Waals surface area contributed by atoms with Gasteiger partial charge in [0.05, 0.1) is 6.04 Å². The van der Waals surface area contributed by atoms with Gasteiger partial charge in [-0.3, -0.25) is 4.90 Å². The molecule has 5 nitrogen and oxygen atoms in total. The number of benzene rings is 2. The largest absolute Gasteiger partial charge is 0.573 e. The molecule has 0 radical (unpaired) electrons. The van der Waals surface area contributed by atoms with E-state index in [4.69, 9.17) is 0 Å². The van der Waals surface area contributed by atoms with E-state index in [0.29, 0.717) is 31.7 Å². The molecule has 0 aliphatic carbocycles. The number of alkyl halides is 6. The molecule has 0 amide bonds. The Morgan fingerprint density at radius 2 is 1.47 bits per heavy atom. The Bertz CT molecular complexity index is 849. The summed E-state index contributed by atoms with van der Waals surface area (Å²) < 4.78 is 83.0. The molecule has 1 aliphatic rings. The highest BCUT2D eigenvalue weighted by molar-refractivity contribution is 5.50. The molecule has 2 aromatic carbocycles. The first-order chi connectivity index (χ1) is 14.0. The van der Waals surface area contributed by atoms with Gasteiger partial charge >= 0.3 is 12.7 Å². The second-order valence-electron chi connectivity index (χ2n) is 6.55. The van der Waals surface area contributed by atoms with Gasteiger partial charge in [-0.1, -0.05) is 24.3 Å². The zero-order valence-electron chi connectivity index (χ0n) is 15.4. The summed E-state index contributed by atoms with van der Waals surface area (Å²) in [6.07, 6.45) is -9.84. The molecule has 2 N–H and O–H groups in total. The van der Waals surface area contributed by atoms with Gasteiger partial charge in [0.15, 0.2) is 11.5 Å². The van der Waals surface area contributed by atoms with Crippen LogP contribution in [0.15, 0.2) is 42.5 Å². The van der Waals surface area contributed by atoms with Crippen LogP contribution in [0.2, 0.25) is 0 Å². The van der Waals surface area contributed by atoms with E-state index in [1.54, 1.807) is 0 Å². The SMILES string of the molecule is Oc1c(OC(F)(F)F)cccc1[C@H](c1ccc(OC(F)(F)F)cc1)N1CCNCC1. The number of piperazine rings is 1. The Morgan fingerprint density at radius 1 is 0.867 bits per heavy atom. The van der Waals surface area contributed by atoms with Crippen molar-refractivity contribution < 1.29 is 40.9 Å². The zero-order chi connectivity index (χ0) is 21.9. The van der Waals surface area contributed by atoms with Gasteiger partial charge in [-0.25, -0.2) is 0 Å². The van der Waals surface area contributed by atoms with Gasteiger partial charge < -0.3 is 19.9 Å². The van der Waals surface area contributed by atoms with Crippen molar-refractivity contribution in [2.24, 2.45) is 0 Å². The number of rotatable bonds is 5. The highest BCUT2D eigenvalue weighted by atomic mass is 19.4. The van der Waals surface area contributed by atoms with Crippen LogP contribution in [0.4, 0.5) is 26.3 Å². The number of hydrogen-bond acceptors (Lipinski definition) is 5. The fourth-order valence-electron chi connectivity index (χ4n) is 3.35. The fraction of sp³-hybridized carbons (Fsp3) is 0.368. The van der Waals surface area contributed by atoms with Crippen molar-refractivity contribution in [3.8, 4) is 17.2 Å². The molecule has 1 atom stereocenters. The van der Waals surface area contributed by atoms with Crippen molar-refractivity contribution in [1.82, 2.24) is 10.2 Å². The second kappa shape index (κ2) is 8.60. The molecule has 3 rings (SSSR count). The third-order valence-corrected chi connectivity index (χ3v) is 4.50. The first kappa shape index (κ1) is 22.0. The van der Waals surface area contributed by atoms with Crippen molar-refractivity contribution in [2.75, 3.05) is 26.2 Å². The molecule has 1 heterocycles. The van der Waals surface area contributed by atoms with Crippen LogP contribution in [0.3, 0.4) is 0 Å². The Hall–Kier alpha value is -2.66. The summed E-state index contributed by atoms with van der Waals surface area (Å²) in [5.41, 5.74) is 0.619. The number of aromatic hydroxyl groups is 1. The number of ether oxygens (including phenoxy) is 2. The molecule has 0 unspecified atom stereocenters. The molecule has 2 aromatic rings. The van der Waals surface area contributed by atoms with Gasteiger partial charge in [0.2, 0.25) is 0 Å². The zero-order valence-corrected chi connectivity index (χ0v) is 15.4. The van der Waals surface area contributed by atoms with Gasteiger partial charge in [0.25, 0.3) is 0 Å². The van der Waals surface area contributed by atoms with E-state index in [-0.39, 0.29) is 5.56 Å². The van der Waals surface area contributed by atoms with E-state index in [0.717, 1.165) is 18.2 Å². The lowest BCUT2D eigenvalue weighted by Gasteiger charge is -2.36. The average Bonchev–Trinajstić information content (AvgIpc) is 2.65. The molecule has 1 saturated heterocycles. The minimum atomic E-state index is -4.99. The number of nitrogens with zero attached hydrogens (tertiary/aromatic N) is 1. The Labute approximate surface area is 167 Å². The predicted octanol–water partition coefficient (Wildman–Crippen LogP) is 4.18. The first-order valence-electron chi connectivity index (χ1n) is 8.91. The molecule has 164 valence electrons. The lowest BCUT2D eigenvalue weighted by atomic mass is 9.95. The summed E-state index contributed by atoms with van der Waals surface area (Å²) in [4.78, 5) is 1.91. The average molecular weight is 436 g/mol.